The van der Waals surface area contributed by atoms with Crippen LogP contribution in [0.25, 0.3) is 11.2 Å². The van der Waals surface area contributed by atoms with Crippen molar-refractivity contribution in [1.29, 1.82) is 0 Å². The Morgan fingerprint density at radius 3 is 2.77 bits per heavy atom. The Morgan fingerprint density at radius 1 is 1.13 bits per heavy atom. The van der Waals surface area contributed by atoms with Gasteiger partial charge in [0.1, 0.15) is 17.6 Å². The number of ether oxygens (including phenoxy) is 3. The van der Waals surface area contributed by atoms with E-state index in [1.807, 2.05) is 4.57 Å². The van der Waals surface area contributed by atoms with Gasteiger partial charge in [0.15, 0.2) is 11.5 Å². The second-order valence-electron chi connectivity index (χ2n) is 6.96. The van der Waals surface area contributed by atoms with E-state index < -0.39 is 0 Å². The van der Waals surface area contributed by atoms with Crippen molar-refractivity contribution in [2.75, 3.05) is 39.3 Å². The van der Waals surface area contributed by atoms with E-state index in [1.54, 1.807) is 25.6 Å². The SMILES string of the molecule is COCCOCC(N)CCCOc1ccc(Cl)c(Cl)c1Cn1cnc2c(N)ncnc21. The van der Waals surface area contributed by atoms with Crippen LogP contribution in [0.1, 0.15) is 18.4 Å². The average Bonchev–Trinajstić information content (AvgIpc) is 3.17. The zero-order valence-corrected chi connectivity index (χ0v) is 18.8. The normalized spacial score (nSPS) is 12.4. The highest BCUT2D eigenvalue weighted by molar-refractivity contribution is 6.42. The van der Waals surface area contributed by atoms with Crippen molar-refractivity contribution in [3.8, 4) is 5.75 Å². The molecule has 9 nitrogen and oxygen atoms in total. The highest BCUT2D eigenvalue weighted by Gasteiger charge is 2.16. The molecule has 3 rings (SSSR count). The van der Waals surface area contributed by atoms with Gasteiger partial charge in [0.25, 0.3) is 0 Å². The quantitative estimate of drug-likeness (QED) is 0.388. The van der Waals surface area contributed by atoms with E-state index in [9.17, 15) is 0 Å². The summed E-state index contributed by atoms with van der Waals surface area (Å²) in [6.45, 7) is 2.43. The fourth-order valence-corrected chi connectivity index (χ4v) is 3.42. The predicted molar refractivity (Wildman–Crippen MR) is 121 cm³/mol. The van der Waals surface area contributed by atoms with Crippen LogP contribution in [0, 0.1) is 0 Å². The summed E-state index contributed by atoms with van der Waals surface area (Å²) in [6, 6.07) is 3.46. The molecule has 0 amide bonds. The van der Waals surface area contributed by atoms with Crippen molar-refractivity contribution >= 4 is 40.2 Å². The average molecular weight is 469 g/mol. The Labute approximate surface area is 190 Å². The number of anilines is 1. The third-order valence-electron chi connectivity index (χ3n) is 4.65. The topological polar surface area (TPSA) is 123 Å². The van der Waals surface area contributed by atoms with Gasteiger partial charge in [-0.3, -0.25) is 0 Å². The van der Waals surface area contributed by atoms with Crippen molar-refractivity contribution in [3.63, 3.8) is 0 Å². The van der Waals surface area contributed by atoms with E-state index in [1.165, 1.54) is 6.33 Å². The Hall–Kier alpha value is -2.17. The summed E-state index contributed by atoms with van der Waals surface area (Å²) in [7, 11) is 1.64. The van der Waals surface area contributed by atoms with E-state index in [2.05, 4.69) is 15.0 Å². The van der Waals surface area contributed by atoms with Crippen molar-refractivity contribution < 1.29 is 14.2 Å². The van der Waals surface area contributed by atoms with Gasteiger partial charge in [-0.15, -0.1) is 0 Å². The molecule has 1 unspecified atom stereocenters. The van der Waals surface area contributed by atoms with Crippen LogP contribution >= 0.6 is 23.2 Å². The van der Waals surface area contributed by atoms with Gasteiger partial charge in [-0.05, 0) is 25.0 Å². The maximum absolute atomic E-state index is 6.49. The number of aromatic nitrogens is 4. The number of hydrogen-bond donors (Lipinski definition) is 2. The van der Waals surface area contributed by atoms with E-state index >= 15 is 0 Å². The minimum absolute atomic E-state index is 0.0591. The molecule has 0 fully saturated rings. The molecule has 0 saturated heterocycles. The lowest BCUT2D eigenvalue weighted by Gasteiger charge is -2.16. The molecule has 168 valence electrons. The van der Waals surface area contributed by atoms with Gasteiger partial charge in [-0.1, -0.05) is 23.2 Å². The lowest BCUT2D eigenvalue weighted by Crippen LogP contribution is -2.27. The molecule has 1 atom stereocenters. The summed E-state index contributed by atoms with van der Waals surface area (Å²) in [5.74, 6) is 0.961. The first-order chi connectivity index (χ1) is 15.0. The number of nitrogens with zero attached hydrogens (tertiary/aromatic N) is 4. The molecule has 2 heterocycles. The first-order valence-corrected chi connectivity index (χ1v) is 10.6. The molecule has 1 aromatic carbocycles. The van der Waals surface area contributed by atoms with Crippen LogP contribution in [-0.4, -0.2) is 59.1 Å². The lowest BCUT2D eigenvalue weighted by atomic mass is 10.1. The number of methoxy groups -OCH3 is 1. The van der Waals surface area contributed by atoms with Gasteiger partial charge >= 0.3 is 0 Å². The predicted octanol–water partition coefficient (Wildman–Crippen LogP) is 2.91. The second-order valence-corrected chi connectivity index (χ2v) is 7.75. The first-order valence-electron chi connectivity index (χ1n) is 9.84. The largest absolute Gasteiger partial charge is 0.493 e. The summed E-state index contributed by atoms with van der Waals surface area (Å²) >= 11 is 12.7. The minimum Gasteiger partial charge on any atom is -0.493 e. The van der Waals surface area contributed by atoms with Gasteiger partial charge in [0.2, 0.25) is 0 Å². The monoisotopic (exact) mass is 468 g/mol. The third kappa shape index (κ3) is 6.18. The standard InChI is InChI=1S/C20H26Cl2N6O3/c1-29-7-8-30-10-13(23)3-2-6-31-16-5-4-15(21)17(22)14(16)9-28-12-27-18-19(24)25-11-26-20(18)28/h4-5,11-13H,2-3,6-10,23H2,1H3,(H2,24,25,26). The minimum atomic E-state index is -0.0591. The zero-order valence-electron chi connectivity index (χ0n) is 17.3. The van der Waals surface area contributed by atoms with Crippen LogP contribution in [0.3, 0.4) is 0 Å². The van der Waals surface area contributed by atoms with Gasteiger partial charge in [0.05, 0.1) is 49.3 Å². The number of hydrogen-bond acceptors (Lipinski definition) is 8. The summed E-state index contributed by atoms with van der Waals surface area (Å²) < 4.78 is 18.2. The molecule has 31 heavy (non-hydrogen) atoms. The number of halogens is 2. The summed E-state index contributed by atoms with van der Waals surface area (Å²) in [4.78, 5) is 12.5. The number of nitrogen functional groups attached to an aromatic ring is 1. The molecule has 0 saturated carbocycles. The molecule has 0 bridgehead atoms. The van der Waals surface area contributed by atoms with E-state index in [-0.39, 0.29) is 6.04 Å². The van der Waals surface area contributed by atoms with E-state index in [4.69, 9.17) is 48.9 Å². The number of fused-ring (bicyclic) bond motifs is 1. The van der Waals surface area contributed by atoms with Crippen molar-refractivity contribution in [2.24, 2.45) is 5.73 Å². The van der Waals surface area contributed by atoms with Gasteiger partial charge < -0.3 is 30.2 Å². The molecule has 2 aromatic heterocycles. The molecular formula is C20H26Cl2N6O3. The molecule has 0 aliphatic carbocycles. The molecular weight excluding hydrogens is 443 g/mol. The Morgan fingerprint density at radius 2 is 1.97 bits per heavy atom. The Kier molecular flexibility index (Phi) is 8.68. The van der Waals surface area contributed by atoms with E-state index in [0.717, 1.165) is 18.4 Å². The van der Waals surface area contributed by atoms with Crippen LogP contribution in [0.2, 0.25) is 10.0 Å². The molecule has 4 N–H and O–H groups in total. The maximum atomic E-state index is 6.49. The maximum Gasteiger partial charge on any atom is 0.165 e. The van der Waals surface area contributed by atoms with E-state index in [0.29, 0.717) is 65.7 Å². The molecule has 0 spiro atoms. The molecule has 11 heteroatoms. The number of imidazole rings is 1. The summed E-state index contributed by atoms with van der Waals surface area (Å²) in [5.41, 5.74) is 13.8. The van der Waals surface area contributed by atoms with Crippen LogP contribution in [0.5, 0.6) is 5.75 Å². The first kappa shape index (κ1) is 23.5. The van der Waals surface area contributed by atoms with Crippen molar-refractivity contribution in [2.45, 2.75) is 25.4 Å². The third-order valence-corrected chi connectivity index (χ3v) is 5.50. The van der Waals surface area contributed by atoms with Crippen LogP contribution in [-0.2, 0) is 16.0 Å². The molecule has 0 aliphatic heterocycles. The van der Waals surface area contributed by atoms with Crippen LogP contribution < -0.4 is 16.2 Å². The van der Waals surface area contributed by atoms with Crippen molar-refractivity contribution in [3.05, 3.63) is 40.4 Å². The van der Waals surface area contributed by atoms with Gasteiger partial charge in [-0.2, -0.15) is 0 Å². The van der Waals surface area contributed by atoms with Crippen molar-refractivity contribution in [1.82, 2.24) is 19.5 Å². The van der Waals surface area contributed by atoms with Gasteiger partial charge in [0, 0.05) is 18.7 Å². The smallest absolute Gasteiger partial charge is 0.165 e. The number of rotatable bonds is 12. The summed E-state index contributed by atoms with van der Waals surface area (Å²) in [6.07, 6.45) is 4.58. The highest BCUT2D eigenvalue weighted by atomic mass is 35.5. The van der Waals surface area contributed by atoms with Gasteiger partial charge in [-0.25, -0.2) is 15.0 Å². The second kappa shape index (κ2) is 11.4. The van der Waals surface area contributed by atoms with Crippen LogP contribution in [0.15, 0.2) is 24.8 Å². The Bertz CT molecular complexity index is 1000. The zero-order chi connectivity index (χ0) is 22.2. The fraction of sp³-hybridized carbons (Fsp3) is 0.450. The Balaban J connectivity index is 1.63. The number of benzene rings is 1. The number of nitrogens with two attached hydrogens (primary N) is 2. The summed E-state index contributed by atoms with van der Waals surface area (Å²) in [5, 5.41) is 0.865. The fourth-order valence-electron chi connectivity index (χ4n) is 3.03. The highest BCUT2D eigenvalue weighted by Crippen LogP contribution is 2.34. The molecule has 0 aliphatic rings. The lowest BCUT2D eigenvalue weighted by molar-refractivity contribution is 0.0619. The molecule has 0 radical (unpaired) electrons. The molecule has 3 aromatic rings. The van der Waals surface area contributed by atoms with Crippen LogP contribution in [0.4, 0.5) is 5.82 Å².